The molecule has 0 saturated heterocycles. The Morgan fingerprint density at radius 1 is 1.61 bits per heavy atom. The summed E-state index contributed by atoms with van der Waals surface area (Å²) in [6.07, 6.45) is 3.36. The maximum atomic E-state index is 11.7. The topological polar surface area (TPSA) is 91.3 Å². The van der Waals surface area contributed by atoms with E-state index in [9.17, 15) is 14.7 Å². The highest BCUT2D eigenvalue weighted by Gasteiger charge is 2.48. The van der Waals surface area contributed by atoms with Gasteiger partial charge in [-0.3, -0.25) is 4.98 Å². The zero-order valence-electron chi connectivity index (χ0n) is 9.97. The molecule has 0 aromatic carbocycles. The van der Waals surface area contributed by atoms with Gasteiger partial charge in [0.15, 0.2) is 0 Å². The maximum Gasteiger partial charge on any atom is 0.329 e. The Hall–Kier alpha value is -1.63. The first-order chi connectivity index (χ1) is 8.52. The summed E-state index contributed by atoms with van der Waals surface area (Å²) in [6, 6.07) is -0.458. The van der Waals surface area contributed by atoms with Crippen LogP contribution in [0.4, 0.5) is 4.79 Å². The molecule has 1 atom stereocenters. The van der Waals surface area contributed by atoms with Crippen molar-refractivity contribution in [2.45, 2.75) is 31.8 Å². The lowest BCUT2D eigenvalue weighted by Gasteiger charge is -2.26. The zero-order valence-corrected chi connectivity index (χ0v) is 10.8. The highest BCUT2D eigenvalue weighted by molar-refractivity contribution is 7.09. The lowest BCUT2D eigenvalue weighted by molar-refractivity contribution is -0.144. The maximum absolute atomic E-state index is 11.7. The van der Waals surface area contributed by atoms with Gasteiger partial charge in [0.25, 0.3) is 0 Å². The Balaban J connectivity index is 1.87. The summed E-state index contributed by atoms with van der Waals surface area (Å²) < 4.78 is 0. The van der Waals surface area contributed by atoms with Crippen molar-refractivity contribution in [3.8, 4) is 0 Å². The van der Waals surface area contributed by atoms with Crippen molar-refractivity contribution >= 4 is 23.3 Å². The highest BCUT2D eigenvalue weighted by atomic mass is 32.1. The smallest absolute Gasteiger partial charge is 0.329 e. The molecule has 1 fully saturated rings. The van der Waals surface area contributed by atoms with Crippen molar-refractivity contribution in [3.63, 3.8) is 0 Å². The molecule has 3 N–H and O–H groups in total. The van der Waals surface area contributed by atoms with Gasteiger partial charge in [-0.25, -0.2) is 9.59 Å². The van der Waals surface area contributed by atoms with E-state index >= 15 is 0 Å². The Bertz CT molecular complexity index is 444. The third-order valence-corrected chi connectivity index (χ3v) is 3.90. The van der Waals surface area contributed by atoms with Crippen LogP contribution in [0.2, 0.25) is 0 Å². The molecule has 6 nitrogen and oxygen atoms in total. The van der Waals surface area contributed by atoms with Crippen LogP contribution in [0, 0.1) is 5.92 Å². The summed E-state index contributed by atoms with van der Waals surface area (Å²) in [5.74, 6) is -0.956. The predicted molar refractivity (Wildman–Crippen MR) is 66.3 cm³/mol. The van der Waals surface area contributed by atoms with Gasteiger partial charge < -0.3 is 15.7 Å². The van der Waals surface area contributed by atoms with E-state index in [2.05, 4.69) is 15.6 Å². The molecule has 1 unspecified atom stereocenters. The van der Waals surface area contributed by atoms with Crippen LogP contribution in [-0.2, 0) is 11.3 Å². The molecule has 1 heterocycles. The number of thiazole rings is 1. The quantitative estimate of drug-likeness (QED) is 0.749. The number of amides is 2. The minimum absolute atomic E-state index is 0.0316. The van der Waals surface area contributed by atoms with E-state index in [0.29, 0.717) is 6.54 Å². The average Bonchev–Trinajstić information content (AvgIpc) is 3.04. The van der Waals surface area contributed by atoms with Gasteiger partial charge in [0.05, 0.1) is 12.1 Å². The average molecular weight is 269 g/mol. The molecular weight excluding hydrogens is 254 g/mol. The monoisotopic (exact) mass is 269 g/mol. The molecule has 0 radical (unpaired) electrons. The number of hydrogen-bond donors (Lipinski definition) is 3. The van der Waals surface area contributed by atoms with E-state index in [1.54, 1.807) is 18.6 Å². The molecular formula is C11H15N3O3S. The Kier molecular flexibility index (Phi) is 3.51. The van der Waals surface area contributed by atoms with Gasteiger partial charge in [0.1, 0.15) is 5.54 Å². The number of urea groups is 1. The predicted octanol–water partition coefficient (Wildman–Crippen LogP) is 1.20. The number of nitrogens with one attached hydrogen (secondary N) is 2. The number of carboxylic acids is 1. The number of aromatic nitrogens is 1. The molecule has 2 amide bonds. The van der Waals surface area contributed by atoms with Gasteiger partial charge in [-0.05, 0) is 25.7 Å². The summed E-state index contributed by atoms with van der Waals surface area (Å²) in [7, 11) is 0. The fourth-order valence-corrected chi connectivity index (χ4v) is 2.30. The number of aliphatic carboxylic acids is 1. The molecule has 1 aromatic heterocycles. The van der Waals surface area contributed by atoms with Crippen LogP contribution in [-0.4, -0.2) is 27.6 Å². The number of rotatable bonds is 5. The van der Waals surface area contributed by atoms with E-state index in [-0.39, 0.29) is 5.92 Å². The zero-order chi connectivity index (χ0) is 13.2. The SMILES string of the molecule is CC(NC(=O)NCc1cncs1)(C(=O)O)C1CC1. The second-order valence-corrected chi connectivity index (χ2v) is 5.53. The molecule has 1 saturated carbocycles. The number of carboxylic acid groups (broad SMARTS) is 1. The Labute approximate surface area is 108 Å². The standard InChI is InChI=1S/C11H15N3O3S/c1-11(9(15)16,7-2-3-7)14-10(17)13-5-8-4-12-6-18-8/h4,6-7H,2-3,5H2,1H3,(H,15,16)(H2,13,14,17). The van der Waals surface area contributed by atoms with Crippen molar-refractivity contribution in [3.05, 3.63) is 16.6 Å². The molecule has 1 aliphatic carbocycles. The van der Waals surface area contributed by atoms with Crippen LogP contribution in [0.3, 0.4) is 0 Å². The summed E-state index contributed by atoms with van der Waals surface area (Å²) in [6.45, 7) is 1.91. The lowest BCUT2D eigenvalue weighted by atomic mass is 9.96. The van der Waals surface area contributed by atoms with Crippen LogP contribution in [0.15, 0.2) is 11.7 Å². The minimum atomic E-state index is -1.17. The van der Waals surface area contributed by atoms with Crippen molar-refractivity contribution in [1.82, 2.24) is 15.6 Å². The van der Waals surface area contributed by atoms with Crippen LogP contribution in [0.1, 0.15) is 24.6 Å². The molecule has 98 valence electrons. The fraction of sp³-hybridized carbons (Fsp3) is 0.545. The number of carbonyl (C=O) groups excluding carboxylic acids is 1. The summed E-state index contributed by atoms with van der Waals surface area (Å²) in [4.78, 5) is 27.7. The van der Waals surface area contributed by atoms with Gasteiger partial charge >= 0.3 is 12.0 Å². The van der Waals surface area contributed by atoms with Gasteiger partial charge in [-0.2, -0.15) is 0 Å². The fourth-order valence-electron chi connectivity index (χ4n) is 1.77. The normalized spacial score (nSPS) is 17.8. The first-order valence-corrected chi connectivity index (χ1v) is 6.57. The van der Waals surface area contributed by atoms with Crippen LogP contribution in [0.5, 0.6) is 0 Å². The van der Waals surface area contributed by atoms with Crippen molar-refractivity contribution < 1.29 is 14.7 Å². The van der Waals surface area contributed by atoms with Crippen molar-refractivity contribution in [1.29, 1.82) is 0 Å². The molecule has 1 aromatic rings. The van der Waals surface area contributed by atoms with Crippen molar-refractivity contribution in [2.24, 2.45) is 5.92 Å². The molecule has 0 aliphatic heterocycles. The van der Waals surface area contributed by atoms with E-state index in [1.165, 1.54) is 11.3 Å². The number of carbonyl (C=O) groups is 2. The molecule has 18 heavy (non-hydrogen) atoms. The summed E-state index contributed by atoms with van der Waals surface area (Å²) in [5.41, 5.74) is 0.512. The van der Waals surface area contributed by atoms with Gasteiger partial charge in [0, 0.05) is 11.1 Å². The van der Waals surface area contributed by atoms with Gasteiger partial charge in [0.2, 0.25) is 0 Å². The second-order valence-electron chi connectivity index (χ2n) is 4.56. The van der Waals surface area contributed by atoms with E-state index in [4.69, 9.17) is 0 Å². The van der Waals surface area contributed by atoms with Gasteiger partial charge in [-0.1, -0.05) is 0 Å². The van der Waals surface area contributed by atoms with Crippen LogP contribution < -0.4 is 10.6 Å². The van der Waals surface area contributed by atoms with E-state index < -0.39 is 17.5 Å². The van der Waals surface area contributed by atoms with E-state index in [0.717, 1.165) is 17.7 Å². The third kappa shape index (κ3) is 2.79. The number of hydrogen-bond acceptors (Lipinski definition) is 4. The summed E-state index contributed by atoms with van der Waals surface area (Å²) >= 11 is 1.44. The second kappa shape index (κ2) is 4.93. The van der Waals surface area contributed by atoms with Crippen LogP contribution in [0.25, 0.3) is 0 Å². The van der Waals surface area contributed by atoms with Gasteiger partial charge in [-0.15, -0.1) is 11.3 Å². The third-order valence-electron chi connectivity index (χ3n) is 3.12. The minimum Gasteiger partial charge on any atom is -0.480 e. The molecule has 0 spiro atoms. The Morgan fingerprint density at radius 3 is 2.83 bits per heavy atom. The highest BCUT2D eigenvalue weighted by Crippen LogP contribution is 2.39. The molecule has 0 bridgehead atoms. The molecule has 1 aliphatic rings. The van der Waals surface area contributed by atoms with Crippen LogP contribution >= 0.6 is 11.3 Å². The Morgan fingerprint density at radius 2 is 2.33 bits per heavy atom. The number of nitrogens with zero attached hydrogens (tertiary/aromatic N) is 1. The largest absolute Gasteiger partial charge is 0.480 e. The molecule has 2 rings (SSSR count). The van der Waals surface area contributed by atoms with Crippen molar-refractivity contribution in [2.75, 3.05) is 0 Å². The lowest BCUT2D eigenvalue weighted by Crippen LogP contribution is -2.56. The summed E-state index contributed by atoms with van der Waals surface area (Å²) in [5, 5.41) is 14.4. The van der Waals surface area contributed by atoms with E-state index in [1.807, 2.05) is 0 Å². The first-order valence-electron chi connectivity index (χ1n) is 5.69. The molecule has 7 heteroatoms. The first kappa shape index (κ1) is 12.8.